The topological polar surface area (TPSA) is 180 Å². The number of urea groups is 2. The molecule has 18 nitrogen and oxygen atoms in total. The number of hydroxylamine groups is 6. The van der Waals surface area contributed by atoms with Gasteiger partial charge in [-0.15, -0.1) is 14.4 Å². The number of amidine groups is 1. The molecule has 1 aliphatic rings. The van der Waals surface area contributed by atoms with Gasteiger partial charge in [-0.05, 0) is 18.4 Å². The fourth-order valence-electron chi connectivity index (χ4n) is 5.00. The van der Waals surface area contributed by atoms with Crippen LogP contribution in [-0.2, 0) is 19.1 Å². The second-order valence-electron chi connectivity index (χ2n) is 12.9. The van der Waals surface area contributed by atoms with Gasteiger partial charge in [0, 0.05) is 54.2 Å². The van der Waals surface area contributed by atoms with Crippen molar-refractivity contribution in [1.82, 2.24) is 24.7 Å². The molecule has 1 unspecified atom stereocenters. The molecule has 1 aliphatic heterocycles. The predicted octanol–water partition coefficient (Wildman–Crippen LogP) is 2.41. The van der Waals surface area contributed by atoms with Crippen LogP contribution in [0.25, 0.3) is 0 Å². The molecule has 1 atom stereocenters. The van der Waals surface area contributed by atoms with Crippen molar-refractivity contribution in [1.29, 1.82) is 0 Å². The minimum atomic E-state index is -1.21. The summed E-state index contributed by atoms with van der Waals surface area (Å²) in [6.45, 7) is 11.4. The lowest BCUT2D eigenvalue weighted by Crippen LogP contribution is -2.76. The molecule has 0 aromatic carbocycles. The maximum atomic E-state index is 14.6. The van der Waals surface area contributed by atoms with Crippen molar-refractivity contribution in [2.24, 2.45) is 10.9 Å². The Morgan fingerprint density at radius 3 is 1.78 bits per heavy atom. The van der Waals surface area contributed by atoms with Gasteiger partial charge in [0.05, 0.1) is 13.2 Å². The van der Waals surface area contributed by atoms with Crippen LogP contribution in [0.1, 0.15) is 53.3 Å². The number of aliphatic imine (C=N–C) groups is 1. The lowest BCUT2D eigenvalue weighted by atomic mass is 10.2. The summed E-state index contributed by atoms with van der Waals surface area (Å²) >= 11 is 1.95. The molecule has 0 fully saturated rings. The third kappa shape index (κ3) is 9.02. The fourth-order valence-corrected chi connectivity index (χ4v) is 7.08. The summed E-state index contributed by atoms with van der Waals surface area (Å²) in [6, 6.07) is -1.36. The number of hydrogen-bond acceptors (Lipinski definition) is 14. The summed E-state index contributed by atoms with van der Waals surface area (Å²) in [5, 5.41) is 28.5. The number of imide groups is 1. The summed E-state index contributed by atoms with van der Waals surface area (Å²) < 4.78 is 7.42. The number of ether oxygens (including phenoxy) is 2. The highest BCUT2D eigenvalue weighted by Crippen LogP contribution is 2.39. The van der Waals surface area contributed by atoms with Crippen LogP contribution in [0.4, 0.5) is 9.59 Å². The average Bonchev–Trinajstić information content (AvgIpc) is 3.66. The molecule has 20 heteroatoms. The second-order valence-corrected chi connectivity index (χ2v) is 14.9. The van der Waals surface area contributed by atoms with Crippen LogP contribution in [0.3, 0.4) is 0 Å². The van der Waals surface area contributed by atoms with E-state index in [4.69, 9.17) is 24.5 Å². The first kappa shape index (κ1) is 43.5. The van der Waals surface area contributed by atoms with Crippen molar-refractivity contribution >= 4 is 53.2 Å². The molecule has 2 rings (SSSR count). The van der Waals surface area contributed by atoms with E-state index in [2.05, 4.69) is 0 Å². The van der Waals surface area contributed by atoms with Crippen LogP contribution < -0.4 is 5.12 Å². The normalized spacial score (nSPS) is 16.3. The van der Waals surface area contributed by atoms with Gasteiger partial charge in [0.1, 0.15) is 37.7 Å². The molecule has 0 saturated heterocycles. The number of nitrogens with zero attached hydrogens (tertiary/aromatic N) is 10. The third-order valence-corrected chi connectivity index (χ3v) is 10.2. The lowest BCUT2D eigenvalue weighted by Gasteiger charge is -2.40. The summed E-state index contributed by atoms with van der Waals surface area (Å²) in [4.78, 5) is 69.5. The molecule has 2 heterocycles. The van der Waals surface area contributed by atoms with Crippen LogP contribution in [0, 0.1) is 5.92 Å². The van der Waals surface area contributed by atoms with Gasteiger partial charge < -0.3 is 9.47 Å². The van der Waals surface area contributed by atoms with E-state index >= 15 is 0 Å². The molecule has 0 radical (unpaired) electrons. The zero-order chi connectivity index (χ0) is 38.2. The van der Waals surface area contributed by atoms with Gasteiger partial charge in [0.15, 0.2) is 11.7 Å². The van der Waals surface area contributed by atoms with Gasteiger partial charge in [0.2, 0.25) is 5.16 Å². The molecule has 284 valence electrons. The predicted molar refractivity (Wildman–Crippen MR) is 189 cm³/mol. The van der Waals surface area contributed by atoms with Crippen molar-refractivity contribution < 1.29 is 53.0 Å². The van der Waals surface area contributed by atoms with Gasteiger partial charge in [-0.1, -0.05) is 61.1 Å². The molecular formula is C30H57N10O8S2+3. The summed E-state index contributed by atoms with van der Waals surface area (Å²) in [5.41, 5.74) is -1.21. The zero-order valence-corrected chi connectivity index (χ0v) is 33.2. The molecule has 1 aromatic heterocycles. The minimum absolute atomic E-state index is 0.00430. The van der Waals surface area contributed by atoms with Crippen molar-refractivity contribution in [3.8, 4) is 0 Å². The molecule has 0 spiro atoms. The van der Waals surface area contributed by atoms with E-state index in [0.717, 1.165) is 23.5 Å². The van der Waals surface area contributed by atoms with Crippen LogP contribution in [0.5, 0.6) is 0 Å². The van der Waals surface area contributed by atoms with Gasteiger partial charge >= 0.3 is 23.9 Å². The Balaban J connectivity index is 2.84. The van der Waals surface area contributed by atoms with Gasteiger partial charge in [-0.25, -0.2) is 34.6 Å². The van der Waals surface area contributed by atoms with Crippen molar-refractivity contribution in [3.05, 3.63) is 5.82 Å². The molecule has 0 aliphatic carbocycles. The van der Waals surface area contributed by atoms with Crippen LogP contribution in [0.2, 0.25) is 0 Å². The summed E-state index contributed by atoms with van der Waals surface area (Å²) in [7, 11) is 9.01. The minimum Gasteiger partial charge on any atom is -0.379 e. The number of carbonyl (C=O) groups excluding carboxylic acids is 4. The zero-order valence-electron chi connectivity index (χ0n) is 31.5. The Hall–Kier alpha value is -2.69. The smallest absolute Gasteiger partial charge is 0.379 e. The maximum absolute atomic E-state index is 14.6. The highest BCUT2D eigenvalue weighted by Gasteiger charge is 2.67. The Bertz CT molecular complexity index is 1360. The molecule has 6 amide bonds. The largest absolute Gasteiger partial charge is 0.457 e. The van der Waals surface area contributed by atoms with E-state index in [0.29, 0.717) is 11.7 Å². The Morgan fingerprint density at radius 2 is 1.36 bits per heavy atom. The Kier molecular flexibility index (Phi) is 15.8. The molecular weight excluding hydrogens is 693 g/mol. The van der Waals surface area contributed by atoms with Crippen molar-refractivity contribution in [3.63, 3.8) is 0 Å². The van der Waals surface area contributed by atoms with Crippen LogP contribution in [-0.4, -0.2) is 177 Å². The SMILES string of the molecule is CC[N+](O)(CC)C(=O)CSC1N=C(C(C)C)N(n2nc(C(C)C)nc2SCC(=O)[N+](O)(CCOC)CCOC)[N+]1(C(=O)N(C)C)C(=O)N(C)C. The van der Waals surface area contributed by atoms with Crippen molar-refractivity contribution in [2.75, 3.05) is 98.4 Å². The maximum Gasteiger partial charge on any atom is 0.457 e. The first-order chi connectivity index (χ1) is 23.3. The van der Waals surface area contributed by atoms with Crippen LogP contribution in [0.15, 0.2) is 10.1 Å². The van der Waals surface area contributed by atoms with Crippen LogP contribution >= 0.6 is 23.5 Å². The number of hydrogen-bond donors (Lipinski definition) is 2. The highest BCUT2D eigenvalue weighted by atomic mass is 32.2. The second kappa shape index (κ2) is 18.2. The van der Waals surface area contributed by atoms with E-state index in [-0.39, 0.29) is 67.9 Å². The highest BCUT2D eigenvalue weighted by molar-refractivity contribution is 8.00. The average molecular weight is 750 g/mol. The van der Waals surface area contributed by atoms with E-state index < -0.39 is 43.3 Å². The number of rotatable bonds is 17. The van der Waals surface area contributed by atoms with E-state index in [9.17, 15) is 29.6 Å². The number of quaternary nitrogens is 3. The standard InChI is InChI=1S/C30H57N10O8S2/c1-13-38(45,14-2)23(41)20-50-28-32-26(22(5)6)37(40(28,29(43)34(7)8)30(44)35(9)10)36-27(31-25(33-36)21(3)4)49-19-24(42)39(46,15-17-47-11)16-18-48-12/h21-22,28,45-46H,13-20H2,1-12H3/q+3. The summed E-state index contributed by atoms with van der Waals surface area (Å²) in [5.74, 6) is -1.42. The fraction of sp³-hybridized carbons (Fsp3) is 0.767. The lowest BCUT2D eigenvalue weighted by molar-refractivity contribution is -1.04. The van der Waals surface area contributed by atoms with Crippen molar-refractivity contribution in [2.45, 2.75) is 58.1 Å². The number of amides is 6. The summed E-state index contributed by atoms with van der Waals surface area (Å²) in [6.07, 6.45) is 0. The number of methoxy groups -OCH3 is 2. The first-order valence-electron chi connectivity index (χ1n) is 16.5. The van der Waals surface area contributed by atoms with E-state index in [1.165, 1.54) is 62.1 Å². The first-order valence-corrected chi connectivity index (χ1v) is 18.5. The Labute approximate surface area is 303 Å². The van der Waals surface area contributed by atoms with Gasteiger partial charge in [-0.3, -0.25) is 9.80 Å². The molecule has 50 heavy (non-hydrogen) atoms. The van der Waals surface area contributed by atoms with E-state index in [1.807, 2.05) is 27.7 Å². The van der Waals surface area contributed by atoms with Gasteiger partial charge in [-0.2, -0.15) is 4.99 Å². The quantitative estimate of drug-likeness (QED) is 0.103. The van der Waals surface area contributed by atoms with Gasteiger partial charge in [0.25, 0.3) is 5.50 Å². The molecule has 0 saturated carbocycles. The monoisotopic (exact) mass is 749 g/mol. The molecule has 0 bridgehead atoms. The third-order valence-electron chi connectivity index (χ3n) is 8.19. The van der Waals surface area contributed by atoms with E-state index in [1.54, 1.807) is 13.8 Å². The number of aromatic nitrogens is 3. The Morgan fingerprint density at radius 1 is 0.860 bits per heavy atom. The molecule has 2 N–H and O–H groups in total. The number of carbonyl (C=O) groups is 4. The molecule has 1 aromatic rings. The number of thioether (sulfide) groups is 2.